The van der Waals surface area contributed by atoms with Crippen LogP contribution in [0.1, 0.15) is 17.7 Å². The van der Waals surface area contributed by atoms with Crippen molar-refractivity contribution in [2.24, 2.45) is 7.05 Å². The van der Waals surface area contributed by atoms with E-state index in [9.17, 15) is 0 Å². The van der Waals surface area contributed by atoms with Crippen molar-refractivity contribution in [3.8, 4) is 0 Å². The number of hydrogen-bond acceptors (Lipinski definition) is 1. The minimum atomic E-state index is 1.13. The highest BCUT2D eigenvalue weighted by atomic mass is 15.0. The Hall–Kier alpha value is -1.57. The third kappa shape index (κ3) is 0.882. The third-order valence-electron chi connectivity index (χ3n) is 2.94. The number of aromatic nitrogens is 2. The fraction of sp³-hybridized carbons (Fsp3) is 0.250. The van der Waals surface area contributed by atoms with Crippen LogP contribution in [0.5, 0.6) is 0 Å². The van der Waals surface area contributed by atoms with Gasteiger partial charge in [-0.1, -0.05) is 6.08 Å². The Bertz CT molecular complexity index is 520. The molecule has 0 bridgehead atoms. The first kappa shape index (κ1) is 7.80. The first-order valence-corrected chi connectivity index (χ1v) is 4.97. The summed E-state index contributed by atoms with van der Waals surface area (Å²) in [5.74, 6) is 0. The summed E-state index contributed by atoms with van der Waals surface area (Å²) in [6, 6.07) is 4.13. The van der Waals surface area contributed by atoms with Crippen molar-refractivity contribution in [1.29, 1.82) is 0 Å². The van der Waals surface area contributed by atoms with Crippen LogP contribution >= 0.6 is 0 Å². The van der Waals surface area contributed by atoms with Gasteiger partial charge in [0.15, 0.2) is 0 Å². The SMILES string of the molecule is Cn1c2c(c3ncccc31)CCC=C2. The second kappa shape index (κ2) is 2.71. The Morgan fingerprint density at radius 3 is 3.29 bits per heavy atom. The van der Waals surface area contributed by atoms with Crippen molar-refractivity contribution in [3.05, 3.63) is 35.7 Å². The number of nitrogens with zero attached hydrogens (tertiary/aromatic N) is 2. The Balaban J connectivity index is 2.48. The molecule has 70 valence electrons. The van der Waals surface area contributed by atoms with E-state index in [0.29, 0.717) is 0 Å². The van der Waals surface area contributed by atoms with Crippen molar-refractivity contribution in [2.75, 3.05) is 0 Å². The summed E-state index contributed by atoms with van der Waals surface area (Å²) < 4.78 is 2.23. The number of fused-ring (bicyclic) bond motifs is 3. The van der Waals surface area contributed by atoms with Gasteiger partial charge in [-0.05, 0) is 31.1 Å². The number of rotatable bonds is 0. The molecule has 0 saturated carbocycles. The molecule has 0 aromatic carbocycles. The Kier molecular flexibility index (Phi) is 1.51. The summed E-state index contributed by atoms with van der Waals surface area (Å²) in [5.41, 5.74) is 5.15. The summed E-state index contributed by atoms with van der Waals surface area (Å²) in [7, 11) is 2.11. The fourth-order valence-electron chi connectivity index (χ4n) is 2.24. The van der Waals surface area contributed by atoms with Gasteiger partial charge in [0.2, 0.25) is 0 Å². The van der Waals surface area contributed by atoms with Gasteiger partial charge in [-0.15, -0.1) is 0 Å². The Morgan fingerprint density at radius 1 is 1.43 bits per heavy atom. The lowest BCUT2D eigenvalue weighted by molar-refractivity contribution is 0.908. The zero-order valence-corrected chi connectivity index (χ0v) is 8.20. The molecule has 0 amide bonds. The van der Waals surface area contributed by atoms with Gasteiger partial charge in [-0.2, -0.15) is 0 Å². The van der Waals surface area contributed by atoms with Gasteiger partial charge in [0, 0.05) is 24.5 Å². The van der Waals surface area contributed by atoms with Crippen LogP contribution in [0.25, 0.3) is 17.1 Å². The molecule has 0 aliphatic heterocycles. The minimum Gasteiger partial charge on any atom is -0.343 e. The van der Waals surface area contributed by atoms with Gasteiger partial charge in [0.05, 0.1) is 11.0 Å². The topological polar surface area (TPSA) is 17.8 Å². The highest BCUT2D eigenvalue weighted by molar-refractivity contribution is 5.85. The molecule has 2 heteroatoms. The molecule has 0 unspecified atom stereocenters. The Labute approximate surface area is 82.9 Å². The van der Waals surface area contributed by atoms with E-state index in [0.717, 1.165) is 12.8 Å². The molecule has 0 atom stereocenters. The molecule has 14 heavy (non-hydrogen) atoms. The zero-order chi connectivity index (χ0) is 9.54. The smallest absolute Gasteiger partial charge is 0.0919 e. The molecule has 2 aromatic heterocycles. The van der Waals surface area contributed by atoms with Crippen LogP contribution in [-0.2, 0) is 13.5 Å². The summed E-state index contributed by atoms with van der Waals surface area (Å²) >= 11 is 0. The lowest BCUT2D eigenvalue weighted by Gasteiger charge is -2.06. The van der Waals surface area contributed by atoms with E-state index in [1.165, 1.54) is 22.3 Å². The van der Waals surface area contributed by atoms with E-state index in [2.05, 4.69) is 34.8 Å². The fourth-order valence-corrected chi connectivity index (χ4v) is 2.24. The van der Waals surface area contributed by atoms with Gasteiger partial charge in [0.25, 0.3) is 0 Å². The molecule has 2 heterocycles. The average Bonchev–Trinajstić information content (AvgIpc) is 2.55. The second-order valence-corrected chi connectivity index (χ2v) is 3.73. The third-order valence-corrected chi connectivity index (χ3v) is 2.94. The zero-order valence-electron chi connectivity index (χ0n) is 8.20. The second-order valence-electron chi connectivity index (χ2n) is 3.73. The van der Waals surface area contributed by atoms with Gasteiger partial charge in [0.1, 0.15) is 0 Å². The van der Waals surface area contributed by atoms with Crippen LogP contribution in [-0.4, -0.2) is 9.55 Å². The molecule has 1 aliphatic carbocycles. The summed E-state index contributed by atoms with van der Waals surface area (Å²) in [6.07, 6.45) is 8.59. The largest absolute Gasteiger partial charge is 0.343 e. The summed E-state index contributed by atoms with van der Waals surface area (Å²) in [6.45, 7) is 0. The summed E-state index contributed by atoms with van der Waals surface area (Å²) in [5, 5.41) is 0. The lowest BCUT2D eigenvalue weighted by Crippen LogP contribution is -1.96. The van der Waals surface area contributed by atoms with Crippen molar-refractivity contribution in [2.45, 2.75) is 12.8 Å². The van der Waals surface area contributed by atoms with E-state index in [1.54, 1.807) is 0 Å². The van der Waals surface area contributed by atoms with E-state index in [4.69, 9.17) is 0 Å². The molecule has 3 rings (SSSR count). The van der Waals surface area contributed by atoms with E-state index in [1.807, 2.05) is 12.3 Å². The average molecular weight is 184 g/mol. The summed E-state index contributed by atoms with van der Waals surface area (Å²) in [4.78, 5) is 4.46. The first-order valence-electron chi connectivity index (χ1n) is 4.97. The maximum absolute atomic E-state index is 4.46. The molecule has 0 spiro atoms. The molecular weight excluding hydrogens is 172 g/mol. The maximum atomic E-state index is 4.46. The highest BCUT2D eigenvalue weighted by Gasteiger charge is 2.15. The van der Waals surface area contributed by atoms with E-state index < -0.39 is 0 Å². The first-order chi connectivity index (χ1) is 6.88. The molecule has 0 radical (unpaired) electrons. The Morgan fingerprint density at radius 2 is 2.36 bits per heavy atom. The van der Waals surface area contributed by atoms with Gasteiger partial charge in [-0.3, -0.25) is 4.98 Å². The molecule has 2 aromatic rings. The quantitative estimate of drug-likeness (QED) is 0.615. The molecule has 0 fully saturated rings. The lowest BCUT2D eigenvalue weighted by atomic mass is 10.0. The molecule has 0 N–H and O–H groups in total. The monoisotopic (exact) mass is 184 g/mol. The molecule has 0 saturated heterocycles. The van der Waals surface area contributed by atoms with Crippen LogP contribution in [0, 0.1) is 0 Å². The van der Waals surface area contributed by atoms with E-state index in [-0.39, 0.29) is 0 Å². The van der Waals surface area contributed by atoms with E-state index >= 15 is 0 Å². The number of pyridine rings is 1. The standard InChI is InChI=1S/C12H12N2/c1-14-10-6-3-2-5-9(10)12-11(14)7-4-8-13-12/h3-4,6-8H,2,5H2,1H3. The van der Waals surface area contributed by atoms with Crippen LogP contribution in [0.15, 0.2) is 24.4 Å². The predicted molar refractivity (Wildman–Crippen MR) is 58.1 cm³/mol. The predicted octanol–water partition coefficient (Wildman–Crippen LogP) is 2.53. The van der Waals surface area contributed by atoms with Crippen LogP contribution < -0.4 is 0 Å². The van der Waals surface area contributed by atoms with Crippen molar-refractivity contribution >= 4 is 17.1 Å². The molecule has 1 aliphatic rings. The number of aryl methyl sites for hydroxylation is 2. The number of hydrogen-bond donors (Lipinski definition) is 0. The van der Waals surface area contributed by atoms with Crippen molar-refractivity contribution in [1.82, 2.24) is 9.55 Å². The van der Waals surface area contributed by atoms with Crippen molar-refractivity contribution in [3.63, 3.8) is 0 Å². The number of allylic oxidation sites excluding steroid dienone is 1. The van der Waals surface area contributed by atoms with Crippen LogP contribution in [0.2, 0.25) is 0 Å². The van der Waals surface area contributed by atoms with Crippen LogP contribution in [0.4, 0.5) is 0 Å². The molecular formula is C12H12N2. The normalized spacial score (nSPS) is 14.6. The van der Waals surface area contributed by atoms with Gasteiger partial charge in [-0.25, -0.2) is 0 Å². The van der Waals surface area contributed by atoms with Gasteiger partial charge >= 0.3 is 0 Å². The van der Waals surface area contributed by atoms with Crippen LogP contribution in [0.3, 0.4) is 0 Å². The van der Waals surface area contributed by atoms with Gasteiger partial charge < -0.3 is 4.57 Å². The highest BCUT2D eigenvalue weighted by Crippen LogP contribution is 2.28. The molecule has 2 nitrogen and oxygen atoms in total. The van der Waals surface area contributed by atoms with Crippen molar-refractivity contribution < 1.29 is 0 Å². The minimum absolute atomic E-state index is 1.13. The maximum Gasteiger partial charge on any atom is 0.0919 e.